The number of thioether (sulfide) groups is 1. The van der Waals surface area contributed by atoms with Crippen LogP contribution in [0.5, 0.6) is 5.75 Å². The number of nitrogens with zero attached hydrogens (tertiary/aromatic N) is 4. The van der Waals surface area contributed by atoms with Crippen LogP contribution in [0.3, 0.4) is 0 Å². The summed E-state index contributed by atoms with van der Waals surface area (Å²) >= 11 is 1.63. The van der Waals surface area contributed by atoms with E-state index in [0.29, 0.717) is 6.61 Å². The highest BCUT2D eigenvalue weighted by Crippen LogP contribution is 2.28. The minimum atomic E-state index is 0.656. The monoisotopic (exact) mass is 405 g/mol. The van der Waals surface area contributed by atoms with Crippen LogP contribution in [0.2, 0.25) is 0 Å². The molecule has 0 radical (unpaired) electrons. The van der Waals surface area contributed by atoms with Crippen LogP contribution in [0.4, 0.5) is 0 Å². The molecule has 0 aliphatic rings. The molecule has 0 amide bonds. The molecule has 4 rings (SSSR count). The van der Waals surface area contributed by atoms with E-state index in [4.69, 9.17) is 4.74 Å². The molecule has 1 N–H and O–H groups in total. The summed E-state index contributed by atoms with van der Waals surface area (Å²) in [5.74, 6) is 1.81. The van der Waals surface area contributed by atoms with Crippen molar-refractivity contribution >= 4 is 22.5 Å². The molecule has 148 valence electrons. The Morgan fingerprint density at radius 3 is 2.69 bits per heavy atom. The van der Waals surface area contributed by atoms with E-state index >= 15 is 0 Å². The number of hydrogen-bond acceptors (Lipinski definition) is 6. The number of ether oxygens (including phenoxy) is 1. The second-order valence-electron chi connectivity index (χ2n) is 6.43. The van der Waals surface area contributed by atoms with Crippen molar-refractivity contribution in [2.75, 3.05) is 18.9 Å². The fraction of sp³-hybridized carbons (Fsp3) is 0.227. The molecule has 6 nitrogen and oxygen atoms in total. The molecule has 0 saturated heterocycles. The smallest absolute Gasteiger partial charge is 0.214 e. The zero-order chi connectivity index (χ0) is 19.9. The normalized spacial score (nSPS) is 11.1. The van der Waals surface area contributed by atoms with Gasteiger partial charge in [0.15, 0.2) is 0 Å². The van der Waals surface area contributed by atoms with E-state index in [1.807, 2.05) is 37.3 Å². The van der Waals surface area contributed by atoms with Crippen LogP contribution < -0.4 is 10.1 Å². The van der Waals surface area contributed by atoms with Gasteiger partial charge >= 0.3 is 0 Å². The first-order valence-corrected chi connectivity index (χ1v) is 10.7. The van der Waals surface area contributed by atoms with Crippen molar-refractivity contribution < 1.29 is 4.74 Å². The lowest BCUT2D eigenvalue weighted by molar-refractivity contribution is 0.336. The van der Waals surface area contributed by atoms with Gasteiger partial charge < -0.3 is 10.1 Å². The molecule has 4 aromatic rings. The first-order valence-electron chi connectivity index (χ1n) is 9.67. The van der Waals surface area contributed by atoms with E-state index in [2.05, 4.69) is 57.2 Å². The van der Waals surface area contributed by atoms with Crippen LogP contribution in [0.15, 0.2) is 71.9 Å². The molecule has 7 heteroatoms. The minimum absolute atomic E-state index is 0.656. The van der Waals surface area contributed by atoms with Gasteiger partial charge in [0.1, 0.15) is 5.75 Å². The number of hydrogen-bond donors (Lipinski definition) is 1. The molecule has 3 aromatic carbocycles. The lowest BCUT2D eigenvalue weighted by Crippen LogP contribution is -2.17. The van der Waals surface area contributed by atoms with E-state index in [-0.39, 0.29) is 0 Å². The van der Waals surface area contributed by atoms with Crippen molar-refractivity contribution in [1.29, 1.82) is 0 Å². The average Bonchev–Trinajstić information content (AvgIpc) is 3.24. The number of fused-ring (bicyclic) bond motifs is 1. The predicted octanol–water partition coefficient (Wildman–Crippen LogP) is 4.10. The standard InChI is InChI=1S/C22H23N5OS/c1-2-28-21-13-12-17-8-6-7-11-19(17)20(21)16-23-14-15-29-22-24-25-26-27(22)18-9-4-3-5-10-18/h3-13,23H,2,14-16H2,1H3. The third kappa shape index (κ3) is 4.58. The Morgan fingerprint density at radius 1 is 1.00 bits per heavy atom. The fourth-order valence-electron chi connectivity index (χ4n) is 3.22. The molecule has 0 bridgehead atoms. The zero-order valence-corrected chi connectivity index (χ0v) is 17.1. The topological polar surface area (TPSA) is 64.9 Å². The van der Waals surface area contributed by atoms with Gasteiger partial charge in [0.25, 0.3) is 0 Å². The average molecular weight is 406 g/mol. The number of nitrogens with one attached hydrogen (secondary N) is 1. The van der Waals surface area contributed by atoms with Gasteiger partial charge in [-0.15, -0.1) is 5.10 Å². The SMILES string of the molecule is CCOc1ccc2ccccc2c1CNCCSc1nnnn1-c1ccccc1. The Balaban J connectivity index is 1.37. The van der Waals surface area contributed by atoms with Crippen molar-refractivity contribution in [3.8, 4) is 11.4 Å². The number of aromatic nitrogens is 4. The zero-order valence-electron chi connectivity index (χ0n) is 16.3. The van der Waals surface area contributed by atoms with Crippen molar-refractivity contribution in [2.24, 2.45) is 0 Å². The summed E-state index contributed by atoms with van der Waals surface area (Å²) < 4.78 is 7.62. The quantitative estimate of drug-likeness (QED) is 0.334. The summed E-state index contributed by atoms with van der Waals surface area (Å²) in [6.07, 6.45) is 0. The molecular weight excluding hydrogens is 382 g/mol. The third-order valence-electron chi connectivity index (χ3n) is 4.55. The largest absolute Gasteiger partial charge is 0.494 e. The van der Waals surface area contributed by atoms with Gasteiger partial charge in [-0.05, 0) is 46.3 Å². The Bertz CT molecular complexity index is 1070. The molecule has 0 aliphatic heterocycles. The Labute approximate surface area is 174 Å². The highest BCUT2D eigenvalue weighted by atomic mass is 32.2. The van der Waals surface area contributed by atoms with E-state index in [1.165, 1.54) is 16.3 Å². The van der Waals surface area contributed by atoms with Gasteiger partial charge in [-0.2, -0.15) is 4.68 Å². The molecule has 0 spiro atoms. The van der Waals surface area contributed by atoms with E-state index in [0.717, 1.165) is 35.4 Å². The molecule has 0 fully saturated rings. The lowest BCUT2D eigenvalue weighted by Gasteiger charge is -2.14. The maximum atomic E-state index is 5.85. The molecule has 0 atom stereocenters. The van der Waals surface area contributed by atoms with Gasteiger partial charge in [0, 0.05) is 24.4 Å². The van der Waals surface area contributed by atoms with Crippen LogP contribution in [0.25, 0.3) is 16.5 Å². The highest BCUT2D eigenvalue weighted by molar-refractivity contribution is 7.99. The number of para-hydroxylation sites is 1. The molecular formula is C22H23N5OS. The number of benzene rings is 3. The molecule has 0 saturated carbocycles. The van der Waals surface area contributed by atoms with Crippen molar-refractivity contribution in [2.45, 2.75) is 18.6 Å². The van der Waals surface area contributed by atoms with Gasteiger partial charge in [0.05, 0.1) is 12.3 Å². The Kier molecular flexibility index (Phi) is 6.38. The Hall–Kier alpha value is -2.90. The van der Waals surface area contributed by atoms with Gasteiger partial charge in [-0.25, -0.2) is 0 Å². The van der Waals surface area contributed by atoms with Crippen molar-refractivity contribution in [3.05, 3.63) is 72.3 Å². The van der Waals surface area contributed by atoms with Crippen LogP contribution in [-0.2, 0) is 6.54 Å². The van der Waals surface area contributed by atoms with E-state index in [9.17, 15) is 0 Å². The second-order valence-corrected chi connectivity index (χ2v) is 7.49. The summed E-state index contributed by atoms with van der Waals surface area (Å²) in [4.78, 5) is 0. The fourth-order valence-corrected chi connectivity index (χ4v) is 4.00. The molecule has 29 heavy (non-hydrogen) atoms. The summed E-state index contributed by atoms with van der Waals surface area (Å²) in [7, 11) is 0. The molecule has 0 unspecified atom stereocenters. The number of tetrazole rings is 1. The molecule has 0 aliphatic carbocycles. The van der Waals surface area contributed by atoms with Crippen LogP contribution in [0.1, 0.15) is 12.5 Å². The second kappa shape index (κ2) is 9.54. The first-order chi connectivity index (χ1) is 14.4. The lowest BCUT2D eigenvalue weighted by atomic mass is 10.0. The van der Waals surface area contributed by atoms with Crippen LogP contribution in [0, 0.1) is 0 Å². The van der Waals surface area contributed by atoms with Crippen molar-refractivity contribution in [1.82, 2.24) is 25.5 Å². The van der Waals surface area contributed by atoms with E-state index in [1.54, 1.807) is 16.4 Å². The molecule has 1 heterocycles. The maximum absolute atomic E-state index is 5.85. The van der Waals surface area contributed by atoms with Crippen LogP contribution in [-0.4, -0.2) is 39.1 Å². The maximum Gasteiger partial charge on any atom is 0.214 e. The summed E-state index contributed by atoms with van der Waals surface area (Å²) in [5, 5.41) is 18.8. The van der Waals surface area contributed by atoms with Gasteiger partial charge in [-0.3, -0.25) is 0 Å². The van der Waals surface area contributed by atoms with Gasteiger partial charge in [-0.1, -0.05) is 60.3 Å². The summed E-state index contributed by atoms with van der Waals surface area (Å²) in [5.41, 5.74) is 2.16. The van der Waals surface area contributed by atoms with Crippen LogP contribution >= 0.6 is 11.8 Å². The summed E-state index contributed by atoms with van der Waals surface area (Å²) in [6, 6.07) is 22.5. The predicted molar refractivity (Wildman–Crippen MR) is 117 cm³/mol. The minimum Gasteiger partial charge on any atom is -0.494 e. The highest BCUT2D eigenvalue weighted by Gasteiger charge is 2.10. The van der Waals surface area contributed by atoms with Gasteiger partial charge in [0.2, 0.25) is 5.16 Å². The first kappa shape index (κ1) is 19.4. The number of rotatable bonds is 9. The van der Waals surface area contributed by atoms with E-state index < -0.39 is 0 Å². The van der Waals surface area contributed by atoms with Crippen molar-refractivity contribution in [3.63, 3.8) is 0 Å². The Morgan fingerprint density at radius 2 is 1.83 bits per heavy atom. The third-order valence-corrected chi connectivity index (χ3v) is 5.47. The summed E-state index contributed by atoms with van der Waals surface area (Å²) in [6.45, 7) is 4.26. The molecule has 1 aromatic heterocycles.